The lowest BCUT2D eigenvalue weighted by Gasteiger charge is -2.21. The standard InChI is InChI=1S/C18H20NO2/c1-20-16-12-15(19-10-6-7-11-19)13-17(21-2)18(16)14-8-4-3-5-9-14/h3-5,8-10,12-13H,6-7,11H2,1-2H3. The van der Waals surface area contributed by atoms with Gasteiger partial charge in [-0.05, 0) is 18.4 Å². The number of nitrogens with zero attached hydrogens (tertiary/aromatic N) is 1. The average molecular weight is 282 g/mol. The molecule has 1 heterocycles. The second-order valence-corrected chi connectivity index (χ2v) is 5.11. The first kappa shape index (κ1) is 13.8. The topological polar surface area (TPSA) is 21.7 Å². The fourth-order valence-electron chi connectivity index (χ4n) is 2.79. The summed E-state index contributed by atoms with van der Waals surface area (Å²) in [5.41, 5.74) is 3.23. The van der Waals surface area contributed by atoms with Crippen LogP contribution < -0.4 is 14.4 Å². The molecule has 3 heteroatoms. The number of hydrogen-bond acceptors (Lipinski definition) is 3. The van der Waals surface area contributed by atoms with Gasteiger partial charge in [0.2, 0.25) is 0 Å². The summed E-state index contributed by atoms with van der Waals surface area (Å²) in [5.74, 6) is 1.69. The van der Waals surface area contributed by atoms with Crippen molar-refractivity contribution in [1.29, 1.82) is 0 Å². The van der Waals surface area contributed by atoms with E-state index in [1.54, 1.807) is 14.2 Å². The van der Waals surface area contributed by atoms with Crippen LogP contribution in [0.1, 0.15) is 12.8 Å². The van der Waals surface area contributed by atoms with Crippen molar-refractivity contribution in [1.82, 2.24) is 0 Å². The molecule has 3 nitrogen and oxygen atoms in total. The molecule has 1 saturated heterocycles. The van der Waals surface area contributed by atoms with Crippen molar-refractivity contribution >= 4 is 5.69 Å². The zero-order valence-electron chi connectivity index (χ0n) is 12.5. The number of methoxy groups -OCH3 is 2. The SMILES string of the molecule is COc1cc(N2[CH]CCC2)cc(OC)c1-c1ccccc1. The van der Waals surface area contributed by atoms with E-state index in [0.717, 1.165) is 41.3 Å². The fraction of sp³-hybridized carbons (Fsp3) is 0.278. The Kier molecular flexibility index (Phi) is 4.00. The van der Waals surface area contributed by atoms with Crippen LogP contribution >= 0.6 is 0 Å². The number of hydrogen-bond donors (Lipinski definition) is 0. The van der Waals surface area contributed by atoms with E-state index in [1.165, 1.54) is 6.42 Å². The molecule has 0 spiro atoms. The highest BCUT2D eigenvalue weighted by Crippen LogP contribution is 2.42. The summed E-state index contributed by atoms with van der Waals surface area (Å²) >= 11 is 0. The van der Waals surface area contributed by atoms with Gasteiger partial charge in [0.1, 0.15) is 11.5 Å². The van der Waals surface area contributed by atoms with Gasteiger partial charge in [0.15, 0.2) is 0 Å². The van der Waals surface area contributed by atoms with Crippen LogP contribution in [0.4, 0.5) is 5.69 Å². The Balaban J connectivity index is 2.10. The minimum atomic E-state index is 0.843. The number of rotatable bonds is 4. The number of benzene rings is 2. The van der Waals surface area contributed by atoms with Crippen LogP contribution in [-0.4, -0.2) is 20.8 Å². The Bertz CT molecular complexity index is 579. The van der Waals surface area contributed by atoms with E-state index in [0.29, 0.717) is 0 Å². The van der Waals surface area contributed by atoms with Crippen molar-refractivity contribution in [3.63, 3.8) is 0 Å². The molecule has 3 rings (SSSR count). The third kappa shape index (κ3) is 2.68. The van der Waals surface area contributed by atoms with Crippen molar-refractivity contribution in [3.8, 4) is 22.6 Å². The zero-order chi connectivity index (χ0) is 14.7. The lowest BCUT2D eigenvalue weighted by Crippen LogP contribution is -2.14. The van der Waals surface area contributed by atoms with Gasteiger partial charge < -0.3 is 14.4 Å². The first-order valence-corrected chi connectivity index (χ1v) is 7.25. The summed E-state index contributed by atoms with van der Waals surface area (Å²) in [6.07, 6.45) is 2.33. The quantitative estimate of drug-likeness (QED) is 0.841. The molecule has 1 radical (unpaired) electrons. The Hall–Kier alpha value is -2.16. The Morgan fingerprint density at radius 2 is 1.62 bits per heavy atom. The zero-order valence-corrected chi connectivity index (χ0v) is 12.5. The molecule has 109 valence electrons. The Morgan fingerprint density at radius 3 is 2.14 bits per heavy atom. The summed E-state index contributed by atoms with van der Waals surface area (Å²) in [4.78, 5) is 2.26. The van der Waals surface area contributed by atoms with Crippen LogP contribution in [0.25, 0.3) is 11.1 Å². The highest BCUT2D eigenvalue weighted by Gasteiger charge is 2.19. The van der Waals surface area contributed by atoms with Gasteiger partial charge in [-0.1, -0.05) is 30.3 Å². The van der Waals surface area contributed by atoms with Crippen LogP contribution in [0.15, 0.2) is 42.5 Å². The average Bonchev–Trinajstić information content (AvgIpc) is 3.08. The molecule has 1 aliphatic rings. The molecule has 2 aromatic carbocycles. The largest absolute Gasteiger partial charge is 0.496 e. The molecule has 0 N–H and O–H groups in total. The van der Waals surface area contributed by atoms with E-state index in [1.807, 2.05) is 18.2 Å². The van der Waals surface area contributed by atoms with Crippen LogP contribution in [0.3, 0.4) is 0 Å². The second kappa shape index (κ2) is 6.08. The van der Waals surface area contributed by atoms with Gasteiger partial charge in [-0.25, -0.2) is 0 Å². The Morgan fingerprint density at radius 1 is 0.952 bits per heavy atom. The molecule has 0 bridgehead atoms. The number of ether oxygens (including phenoxy) is 2. The van der Waals surface area contributed by atoms with Gasteiger partial charge >= 0.3 is 0 Å². The van der Waals surface area contributed by atoms with Crippen LogP contribution in [-0.2, 0) is 0 Å². The molecule has 1 aliphatic heterocycles. The lowest BCUT2D eigenvalue weighted by molar-refractivity contribution is 0.397. The van der Waals surface area contributed by atoms with E-state index in [4.69, 9.17) is 9.47 Å². The smallest absolute Gasteiger partial charge is 0.132 e. The highest BCUT2D eigenvalue weighted by atomic mass is 16.5. The summed E-state index contributed by atoms with van der Waals surface area (Å²) in [6, 6.07) is 14.4. The van der Waals surface area contributed by atoms with Gasteiger partial charge in [0.05, 0.1) is 19.8 Å². The molecule has 0 aliphatic carbocycles. The maximum atomic E-state index is 5.62. The van der Waals surface area contributed by atoms with Crippen molar-refractivity contribution in [2.45, 2.75) is 12.8 Å². The van der Waals surface area contributed by atoms with Gasteiger partial charge in [-0.3, -0.25) is 0 Å². The molecule has 0 amide bonds. The van der Waals surface area contributed by atoms with Crippen molar-refractivity contribution in [2.24, 2.45) is 0 Å². The molecule has 0 saturated carbocycles. The van der Waals surface area contributed by atoms with Gasteiger partial charge in [-0.15, -0.1) is 0 Å². The molecule has 0 aromatic heterocycles. The number of anilines is 1. The van der Waals surface area contributed by atoms with Crippen LogP contribution in [0, 0.1) is 6.54 Å². The monoisotopic (exact) mass is 282 g/mol. The van der Waals surface area contributed by atoms with Crippen LogP contribution in [0.5, 0.6) is 11.5 Å². The maximum absolute atomic E-state index is 5.62. The normalized spacial score (nSPS) is 14.3. The van der Waals surface area contributed by atoms with Gasteiger partial charge in [0.25, 0.3) is 0 Å². The summed E-state index contributed by atoms with van der Waals surface area (Å²) in [7, 11) is 3.41. The van der Waals surface area contributed by atoms with E-state index < -0.39 is 0 Å². The van der Waals surface area contributed by atoms with Crippen molar-refractivity contribution in [2.75, 3.05) is 25.7 Å². The fourth-order valence-corrected chi connectivity index (χ4v) is 2.79. The van der Waals surface area contributed by atoms with Crippen LogP contribution in [0.2, 0.25) is 0 Å². The van der Waals surface area contributed by atoms with E-state index in [2.05, 4.69) is 35.7 Å². The Labute approximate surface area is 126 Å². The second-order valence-electron chi connectivity index (χ2n) is 5.11. The van der Waals surface area contributed by atoms with E-state index in [-0.39, 0.29) is 0 Å². The third-order valence-electron chi connectivity index (χ3n) is 3.84. The summed E-state index contributed by atoms with van der Waals surface area (Å²) in [5, 5.41) is 0. The van der Waals surface area contributed by atoms with Gasteiger partial charge in [0, 0.05) is 30.9 Å². The predicted octanol–water partition coefficient (Wildman–Crippen LogP) is 4.13. The molecular formula is C18H20NO2. The lowest BCUT2D eigenvalue weighted by atomic mass is 10.0. The first-order chi connectivity index (χ1) is 10.3. The molecule has 1 fully saturated rings. The maximum Gasteiger partial charge on any atom is 0.132 e. The molecule has 21 heavy (non-hydrogen) atoms. The minimum Gasteiger partial charge on any atom is -0.496 e. The van der Waals surface area contributed by atoms with Gasteiger partial charge in [-0.2, -0.15) is 0 Å². The van der Waals surface area contributed by atoms with E-state index in [9.17, 15) is 0 Å². The molecule has 2 aromatic rings. The molecular weight excluding hydrogens is 262 g/mol. The predicted molar refractivity (Wildman–Crippen MR) is 85.9 cm³/mol. The minimum absolute atomic E-state index is 0.843. The summed E-state index contributed by atoms with van der Waals surface area (Å²) in [6.45, 7) is 3.29. The van der Waals surface area contributed by atoms with E-state index >= 15 is 0 Å². The molecule has 0 unspecified atom stereocenters. The highest BCUT2D eigenvalue weighted by molar-refractivity contribution is 5.80. The first-order valence-electron chi connectivity index (χ1n) is 7.25. The summed E-state index contributed by atoms with van der Waals surface area (Å²) < 4.78 is 11.2. The molecule has 0 atom stereocenters. The van der Waals surface area contributed by atoms with Crippen molar-refractivity contribution < 1.29 is 9.47 Å². The van der Waals surface area contributed by atoms with Crippen molar-refractivity contribution in [3.05, 3.63) is 49.0 Å². The third-order valence-corrected chi connectivity index (χ3v) is 3.84.